The first kappa shape index (κ1) is 13.9. The van der Waals surface area contributed by atoms with Crippen LogP contribution in [0.1, 0.15) is 30.5 Å². The molecule has 1 nitrogen and oxygen atoms in total. The first-order valence-electron chi connectivity index (χ1n) is 5.95. The molecule has 1 N–H and O–H groups in total. The van der Waals surface area contributed by atoms with Crippen molar-refractivity contribution in [2.24, 2.45) is 0 Å². The largest absolute Gasteiger partial charge is 0.306 e. The van der Waals surface area contributed by atoms with Gasteiger partial charge in [-0.1, -0.05) is 60.5 Å². The van der Waals surface area contributed by atoms with E-state index >= 15 is 0 Å². The minimum Gasteiger partial charge on any atom is -0.306 e. The summed E-state index contributed by atoms with van der Waals surface area (Å²) < 4.78 is 1.49. The van der Waals surface area contributed by atoms with Gasteiger partial charge in [-0.2, -0.15) is 0 Å². The number of thiophene rings is 1. The highest BCUT2D eigenvalue weighted by atomic mass is 35.5. The third-order valence-electron chi connectivity index (χ3n) is 2.73. The van der Waals surface area contributed by atoms with E-state index in [0.29, 0.717) is 0 Å². The first-order chi connectivity index (χ1) is 8.72. The average Bonchev–Trinajstić information content (AvgIpc) is 2.70. The van der Waals surface area contributed by atoms with Crippen LogP contribution in [0.4, 0.5) is 0 Å². The van der Waals surface area contributed by atoms with Crippen molar-refractivity contribution in [2.75, 3.05) is 6.54 Å². The van der Waals surface area contributed by atoms with Gasteiger partial charge in [-0.05, 0) is 24.6 Å². The zero-order valence-electron chi connectivity index (χ0n) is 10.1. The van der Waals surface area contributed by atoms with Gasteiger partial charge in [0.15, 0.2) is 0 Å². The lowest BCUT2D eigenvalue weighted by Crippen LogP contribution is -2.22. The third-order valence-corrected chi connectivity index (χ3v) is 4.24. The molecule has 0 bridgehead atoms. The predicted molar refractivity (Wildman–Crippen MR) is 80.9 cm³/mol. The van der Waals surface area contributed by atoms with Crippen LogP contribution >= 0.6 is 34.5 Å². The van der Waals surface area contributed by atoms with Crippen LogP contribution in [0.5, 0.6) is 0 Å². The summed E-state index contributed by atoms with van der Waals surface area (Å²) in [4.78, 5) is 0. The second-order valence-corrected chi connectivity index (χ2v) is 6.36. The Morgan fingerprint density at radius 1 is 1.22 bits per heavy atom. The molecule has 0 aliphatic rings. The lowest BCUT2D eigenvalue weighted by Gasteiger charge is -2.18. The Balaban J connectivity index is 2.34. The number of halogens is 2. The number of benzene rings is 1. The summed E-state index contributed by atoms with van der Waals surface area (Å²) in [5.41, 5.74) is 2.27. The number of nitrogens with one attached hydrogen (secondary N) is 1. The maximum absolute atomic E-state index is 6.26. The molecule has 18 heavy (non-hydrogen) atoms. The molecule has 2 aromatic rings. The van der Waals surface area contributed by atoms with Gasteiger partial charge in [-0.3, -0.25) is 0 Å². The van der Waals surface area contributed by atoms with E-state index in [1.807, 2.05) is 24.3 Å². The highest BCUT2D eigenvalue weighted by molar-refractivity contribution is 7.20. The Hall–Kier alpha value is -0.540. The van der Waals surface area contributed by atoms with Gasteiger partial charge >= 0.3 is 0 Å². The van der Waals surface area contributed by atoms with E-state index in [1.165, 1.54) is 16.9 Å². The van der Waals surface area contributed by atoms with Crippen LogP contribution in [0.25, 0.3) is 0 Å². The smallest absolute Gasteiger partial charge is 0.0995 e. The lowest BCUT2D eigenvalue weighted by atomic mass is 10.0. The molecule has 1 aromatic carbocycles. The topological polar surface area (TPSA) is 12.0 Å². The standard InChI is InChI=1S/C14H15Cl2NS/c1-2-8-17-13(10-6-4-3-5-7-10)11-9-12(15)18-14(11)16/h3-7,9,13,17H,2,8H2,1H3. The second kappa shape index (κ2) is 6.58. The Morgan fingerprint density at radius 3 is 2.50 bits per heavy atom. The highest BCUT2D eigenvalue weighted by Gasteiger charge is 2.18. The summed E-state index contributed by atoms with van der Waals surface area (Å²) in [7, 11) is 0. The van der Waals surface area contributed by atoms with Crippen molar-refractivity contribution >= 4 is 34.5 Å². The molecular weight excluding hydrogens is 285 g/mol. The van der Waals surface area contributed by atoms with Crippen LogP contribution in [0.15, 0.2) is 36.4 Å². The molecule has 0 saturated carbocycles. The molecule has 0 saturated heterocycles. The highest BCUT2D eigenvalue weighted by Crippen LogP contribution is 2.37. The van der Waals surface area contributed by atoms with Crippen molar-refractivity contribution < 1.29 is 0 Å². The van der Waals surface area contributed by atoms with E-state index in [0.717, 1.165) is 27.2 Å². The van der Waals surface area contributed by atoms with Crippen molar-refractivity contribution in [1.29, 1.82) is 0 Å². The Morgan fingerprint density at radius 2 is 1.94 bits per heavy atom. The number of hydrogen-bond donors (Lipinski definition) is 1. The Bertz CT molecular complexity index is 496. The molecule has 4 heteroatoms. The van der Waals surface area contributed by atoms with Gasteiger partial charge in [-0.15, -0.1) is 11.3 Å². The fourth-order valence-corrected chi connectivity index (χ4v) is 3.42. The molecule has 0 aliphatic carbocycles. The van der Waals surface area contributed by atoms with Gasteiger partial charge in [0.2, 0.25) is 0 Å². The molecule has 1 atom stereocenters. The Kier molecular flexibility index (Phi) is 5.07. The van der Waals surface area contributed by atoms with E-state index < -0.39 is 0 Å². The summed E-state index contributed by atoms with van der Waals surface area (Å²) in [5.74, 6) is 0. The summed E-state index contributed by atoms with van der Waals surface area (Å²) in [6.07, 6.45) is 1.08. The normalized spacial score (nSPS) is 12.6. The minimum atomic E-state index is 0.113. The quantitative estimate of drug-likeness (QED) is 0.805. The monoisotopic (exact) mass is 299 g/mol. The summed E-state index contributed by atoms with van der Waals surface area (Å²) in [5, 5.41) is 3.52. The zero-order chi connectivity index (χ0) is 13.0. The van der Waals surface area contributed by atoms with Gasteiger partial charge < -0.3 is 5.32 Å². The molecule has 2 rings (SSSR count). The number of hydrogen-bond acceptors (Lipinski definition) is 2. The van der Waals surface area contributed by atoms with Crippen molar-refractivity contribution in [2.45, 2.75) is 19.4 Å². The maximum Gasteiger partial charge on any atom is 0.0995 e. The van der Waals surface area contributed by atoms with E-state index in [4.69, 9.17) is 23.2 Å². The molecule has 0 aliphatic heterocycles. The number of rotatable bonds is 5. The zero-order valence-corrected chi connectivity index (χ0v) is 12.4. The van der Waals surface area contributed by atoms with Gasteiger partial charge in [0, 0.05) is 5.56 Å². The molecule has 1 aromatic heterocycles. The van der Waals surface area contributed by atoms with Crippen molar-refractivity contribution in [3.8, 4) is 0 Å². The summed E-state index contributed by atoms with van der Waals surface area (Å²) in [6.45, 7) is 3.10. The van der Waals surface area contributed by atoms with Gasteiger partial charge in [0.1, 0.15) is 0 Å². The van der Waals surface area contributed by atoms with E-state index in [-0.39, 0.29) is 6.04 Å². The molecule has 1 unspecified atom stereocenters. The van der Waals surface area contributed by atoms with Gasteiger partial charge in [0.25, 0.3) is 0 Å². The Labute approximate surface area is 122 Å². The van der Waals surface area contributed by atoms with Crippen LogP contribution in [-0.4, -0.2) is 6.54 Å². The van der Waals surface area contributed by atoms with Gasteiger partial charge in [0.05, 0.1) is 14.7 Å². The maximum atomic E-state index is 6.26. The minimum absolute atomic E-state index is 0.113. The molecule has 0 radical (unpaired) electrons. The van der Waals surface area contributed by atoms with E-state index in [1.54, 1.807) is 0 Å². The van der Waals surface area contributed by atoms with Crippen LogP contribution in [0, 0.1) is 0 Å². The van der Waals surface area contributed by atoms with Crippen LogP contribution in [0.2, 0.25) is 8.67 Å². The molecule has 1 heterocycles. The molecule has 0 fully saturated rings. The SMILES string of the molecule is CCCNC(c1ccccc1)c1cc(Cl)sc1Cl. The summed E-state index contributed by atoms with van der Waals surface area (Å²) >= 11 is 13.7. The second-order valence-electron chi connectivity index (χ2n) is 4.08. The first-order valence-corrected chi connectivity index (χ1v) is 7.52. The van der Waals surface area contributed by atoms with Crippen molar-refractivity contribution in [3.05, 3.63) is 56.2 Å². The van der Waals surface area contributed by atoms with E-state index in [9.17, 15) is 0 Å². The molecule has 0 amide bonds. The lowest BCUT2D eigenvalue weighted by molar-refractivity contribution is 0.600. The fourth-order valence-electron chi connectivity index (χ4n) is 1.89. The van der Waals surface area contributed by atoms with Crippen molar-refractivity contribution in [1.82, 2.24) is 5.32 Å². The van der Waals surface area contributed by atoms with Crippen LogP contribution in [0.3, 0.4) is 0 Å². The van der Waals surface area contributed by atoms with Crippen molar-refractivity contribution in [3.63, 3.8) is 0 Å². The van der Waals surface area contributed by atoms with E-state index in [2.05, 4.69) is 24.4 Å². The van der Waals surface area contributed by atoms with Crippen LogP contribution < -0.4 is 5.32 Å². The summed E-state index contributed by atoms with van der Waals surface area (Å²) in [6, 6.07) is 12.4. The predicted octanol–water partition coefficient (Wildman–Crippen LogP) is 5.14. The van der Waals surface area contributed by atoms with Gasteiger partial charge in [-0.25, -0.2) is 0 Å². The molecular formula is C14H15Cl2NS. The average molecular weight is 300 g/mol. The molecule has 96 valence electrons. The fraction of sp³-hybridized carbons (Fsp3) is 0.286. The molecule has 0 spiro atoms. The third kappa shape index (κ3) is 3.27. The van der Waals surface area contributed by atoms with Crippen LogP contribution in [-0.2, 0) is 0 Å².